The SMILES string of the molecule is CCOC1CN(C(=O)Nc2ccc(OC(F)(F)F)cc2)N=C(c2ccc(Br)cc2)O1. The van der Waals surface area contributed by atoms with Gasteiger partial charge in [0.25, 0.3) is 0 Å². The van der Waals surface area contributed by atoms with Crippen molar-refractivity contribution in [3.05, 3.63) is 58.6 Å². The number of hydrazone groups is 1. The van der Waals surface area contributed by atoms with Crippen LogP contribution in [-0.4, -0.2) is 42.7 Å². The molecule has 2 amide bonds. The first kappa shape index (κ1) is 21.9. The van der Waals surface area contributed by atoms with Gasteiger partial charge >= 0.3 is 12.4 Å². The van der Waals surface area contributed by atoms with Crippen molar-refractivity contribution in [1.29, 1.82) is 0 Å². The molecule has 160 valence electrons. The minimum atomic E-state index is -4.79. The topological polar surface area (TPSA) is 72.4 Å². The zero-order valence-corrected chi connectivity index (χ0v) is 17.2. The van der Waals surface area contributed by atoms with Gasteiger partial charge in [0.15, 0.2) is 0 Å². The summed E-state index contributed by atoms with van der Waals surface area (Å²) >= 11 is 3.35. The van der Waals surface area contributed by atoms with E-state index >= 15 is 0 Å². The van der Waals surface area contributed by atoms with Crippen LogP contribution in [0.2, 0.25) is 0 Å². The average molecular weight is 488 g/mol. The lowest BCUT2D eigenvalue weighted by atomic mass is 10.2. The minimum absolute atomic E-state index is 0.0367. The van der Waals surface area contributed by atoms with E-state index in [4.69, 9.17) is 9.47 Å². The molecule has 0 spiro atoms. The number of carbonyl (C=O) groups excluding carboxylic acids is 1. The summed E-state index contributed by atoms with van der Waals surface area (Å²) in [5.41, 5.74) is 0.920. The first-order chi connectivity index (χ1) is 14.2. The van der Waals surface area contributed by atoms with E-state index in [0.29, 0.717) is 12.2 Å². The molecule has 11 heteroatoms. The second-order valence-corrected chi connectivity index (χ2v) is 6.91. The molecule has 1 aliphatic rings. The largest absolute Gasteiger partial charge is 0.573 e. The fraction of sp³-hybridized carbons (Fsp3) is 0.263. The molecule has 0 aliphatic carbocycles. The Balaban J connectivity index is 1.74. The van der Waals surface area contributed by atoms with Crippen LogP contribution in [0.4, 0.5) is 23.7 Å². The number of amides is 2. The van der Waals surface area contributed by atoms with Gasteiger partial charge in [-0.2, -0.15) is 0 Å². The fourth-order valence-electron chi connectivity index (χ4n) is 2.52. The molecule has 3 rings (SSSR count). The molecule has 1 unspecified atom stereocenters. The van der Waals surface area contributed by atoms with E-state index in [-0.39, 0.29) is 23.9 Å². The zero-order chi connectivity index (χ0) is 21.7. The molecule has 7 nitrogen and oxygen atoms in total. The number of hydrogen-bond donors (Lipinski definition) is 1. The first-order valence-electron chi connectivity index (χ1n) is 8.80. The minimum Gasteiger partial charge on any atom is -0.444 e. The lowest BCUT2D eigenvalue weighted by Crippen LogP contribution is -2.44. The van der Waals surface area contributed by atoms with E-state index < -0.39 is 18.7 Å². The van der Waals surface area contributed by atoms with Gasteiger partial charge in [-0.1, -0.05) is 15.9 Å². The standard InChI is InChI=1S/C19H17BrF3N3O4/c1-2-28-16-11-26(25-17(29-16)12-3-5-13(20)6-4-12)18(27)24-14-7-9-15(10-8-14)30-19(21,22)23/h3-10,16H,2,11H2,1H3,(H,24,27). The molecule has 0 radical (unpaired) electrons. The second kappa shape index (κ2) is 9.35. The van der Waals surface area contributed by atoms with Crippen molar-refractivity contribution in [3.63, 3.8) is 0 Å². The third-order valence-corrected chi connectivity index (χ3v) is 4.32. The molecule has 2 aromatic rings. The molecule has 2 aromatic carbocycles. The number of benzene rings is 2. The summed E-state index contributed by atoms with van der Waals surface area (Å²) in [5.74, 6) is -0.185. The van der Waals surface area contributed by atoms with Gasteiger partial charge in [0.1, 0.15) is 12.3 Å². The van der Waals surface area contributed by atoms with Gasteiger partial charge in [0.05, 0.1) is 0 Å². The van der Waals surface area contributed by atoms with Gasteiger partial charge in [0, 0.05) is 22.3 Å². The van der Waals surface area contributed by atoms with Crippen LogP contribution in [0.5, 0.6) is 5.75 Å². The van der Waals surface area contributed by atoms with Crippen molar-refractivity contribution in [2.24, 2.45) is 5.10 Å². The van der Waals surface area contributed by atoms with Crippen molar-refractivity contribution >= 4 is 33.5 Å². The number of hydrogen-bond acceptors (Lipinski definition) is 5. The average Bonchev–Trinajstić information content (AvgIpc) is 2.69. The van der Waals surface area contributed by atoms with Crippen molar-refractivity contribution in [1.82, 2.24) is 5.01 Å². The molecule has 0 saturated carbocycles. The van der Waals surface area contributed by atoms with E-state index in [1.807, 2.05) is 0 Å². The van der Waals surface area contributed by atoms with Crippen LogP contribution >= 0.6 is 15.9 Å². The Labute approximate surface area is 178 Å². The summed E-state index contributed by atoms with van der Waals surface area (Å²) in [6.45, 7) is 2.20. The van der Waals surface area contributed by atoms with Crippen LogP contribution < -0.4 is 10.1 Å². The molecule has 1 atom stereocenters. The van der Waals surface area contributed by atoms with E-state index in [2.05, 4.69) is 31.1 Å². The van der Waals surface area contributed by atoms with E-state index in [9.17, 15) is 18.0 Å². The lowest BCUT2D eigenvalue weighted by Gasteiger charge is -2.30. The van der Waals surface area contributed by atoms with Gasteiger partial charge in [0.2, 0.25) is 12.2 Å². The molecule has 0 saturated heterocycles. The predicted octanol–water partition coefficient (Wildman–Crippen LogP) is 4.94. The quantitative estimate of drug-likeness (QED) is 0.648. The van der Waals surface area contributed by atoms with Crippen molar-refractivity contribution < 1.29 is 32.2 Å². The van der Waals surface area contributed by atoms with Gasteiger partial charge in [-0.3, -0.25) is 0 Å². The molecular weight excluding hydrogens is 471 g/mol. The number of nitrogens with zero attached hydrogens (tertiary/aromatic N) is 2. The van der Waals surface area contributed by atoms with Crippen LogP contribution in [0.1, 0.15) is 12.5 Å². The molecule has 1 heterocycles. The van der Waals surface area contributed by atoms with Crippen molar-refractivity contribution in [2.75, 3.05) is 18.5 Å². The number of nitrogens with one attached hydrogen (secondary N) is 1. The maximum Gasteiger partial charge on any atom is 0.573 e. The van der Waals surface area contributed by atoms with Crippen LogP contribution in [-0.2, 0) is 9.47 Å². The number of anilines is 1. The summed E-state index contributed by atoms with van der Waals surface area (Å²) in [4.78, 5) is 12.6. The highest BCUT2D eigenvalue weighted by Gasteiger charge is 2.31. The summed E-state index contributed by atoms with van der Waals surface area (Å²) in [7, 11) is 0. The molecule has 0 aromatic heterocycles. The summed E-state index contributed by atoms with van der Waals surface area (Å²) in [5, 5.41) is 7.93. The van der Waals surface area contributed by atoms with Crippen LogP contribution in [0.15, 0.2) is 58.1 Å². The number of carbonyl (C=O) groups is 1. The third kappa shape index (κ3) is 6.10. The Bertz CT molecular complexity index is 905. The van der Waals surface area contributed by atoms with Gasteiger partial charge in [-0.25, -0.2) is 9.80 Å². The maximum atomic E-state index is 12.6. The van der Waals surface area contributed by atoms with Crippen LogP contribution in [0.3, 0.4) is 0 Å². The fourth-order valence-corrected chi connectivity index (χ4v) is 2.79. The number of ether oxygens (including phenoxy) is 3. The number of halogens is 4. The van der Waals surface area contributed by atoms with Gasteiger partial charge < -0.3 is 19.5 Å². The molecule has 30 heavy (non-hydrogen) atoms. The summed E-state index contributed by atoms with van der Waals surface area (Å²) < 4.78 is 52.6. The highest BCUT2D eigenvalue weighted by atomic mass is 79.9. The van der Waals surface area contributed by atoms with Crippen LogP contribution in [0.25, 0.3) is 0 Å². The molecule has 0 fully saturated rings. The number of rotatable bonds is 5. The van der Waals surface area contributed by atoms with Gasteiger partial charge in [-0.05, 0) is 55.5 Å². The third-order valence-electron chi connectivity index (χ3n) is 3.79. The number of alkyl halides is 3. The Morgan fingerprint density at radius 3 is 2.50 bits per heavy atom. The van der Waals surface area contributed by atoms with Crippen molar-refractivity contribution in [3.8, 4) is 5.75 Å². The van der Waals surface area contributed by atoms with E-state index in [0.717, 1.165) is 21.6 Å². The monoisotopic (exact) mass is 487 g/mol. The highest BCUT2D eigenvalue weighted by molar-refractivity contribution is 9.10. The maximum absolute atomic E-state index is 12.6. The first-order valence-corrected chi connectivity index (χ1v) is 9.60. The van der Waals surface area contributed by atoms with E-state index in [1.165, 1.54) is 12.1 Å². The molecule has 0 bridgehead atoms. The highest BCUT2D eigenvalue weighted by Crippen LogP contribution is 2.24. The summed E-state index contributed by atoms with van der Waals surface area (Å²) in [6.07, 6.45) is -5.51. The molecule has 1 aliphatic heterocycles. The van der Waals surface area contributed by atoms with Crippen LogP contribution in [0, 0.1) is 0 Å². The Hall–Kier alpha value is -2.79. The number of urea groups is 1. The van der Waals surface area contributed by atoms with Gasteiger partial charge in [-0.15, -0.1) is 18.3 Å². The zero-order valence-electron chi connectivity index (χ0n) is 15.6. The van der Waals surface area contributed by atoms with Crippen molar-refractivity contribution in [2.45, 2.75) is 19.6 Å². The Morgan fingerprint density at radius 2 is 1.90 bits per heavy atom. The Kier molecular flexibility index (Phi) is 6.83. The smallest absolute Gasteiger partial charge is 0.444 e. The molecular formula is C19H17BrF3N3O4. The normalized spacial score (nSPS) is 16.5. The Morgan fingerprint density at radius 1 is 1.23 bits per heavy atom. The predicted molar refractivity (Wildman–Crippen MR) is 106 cm³/mol. The lowest BCUT2D eigenvalue weighted by molar-refractivity contribution is -0.274. The van der Waals surface area contributed by atoms with E-state index in [1.54, 1.807) is 31.2 Å². The second-order valence-electron chi connectivity index (χ2n) is 6.00. The summed E-state index contributed by atoms with van der Waals surface area (Å²) in [6, 6.07) is 11.3. The molecule has 1 N–H and O–H groups in total.